The van der Waals surface area contributed by atoms with Gasteiger partial charge in [0, 0.05) is 44.2 Å². The molecule has 0 radical (unpaired) electrons. The summed E-state index contributed by atoms with van der Waals surface area (Å²) < 4.78 is 14.0. The van der Waals surface area contributed by atoms with Crippen molar-refractivity contribution in [1.82, 2.24) is 19.3 Å². The number of piperidine rings is 1. The first-order valence-electron chi connectivity index (χ1n) is 7.81. The summed E-state index contributed by atoms with van der Waals surface area (Å²) in [5, 5.41) is 1.07. The van der Waals surface area contributed by atoms with Crippen LogP contribution in [-0.2, 0) is 11.4 Å². The van der Waals surface area contributed by atoms with Gasteiger partial charge < -0.3 is 14.4 Å². The molecule has 118 valence electrons. The standard InChI is InChI=1S/C15H21N5OS/c1-3-22(21)20-7-12-11(13(12)8-20)6-19(2)15-10-4-5-16-14(10)17-9-18-15/h4-5,9,11-13H,3,6-8H2,1-2H3,(H,16,17,18)/t11-,12-,13+,22?. The van der Waals surface area contributed by atoms with Crippen LogP contribution in [0.4, 0.5) is 5.82 Å². The molecule has 0 amide bonds. The molecule has 2 aliphatic rings. The first-order valence-corrected chi connectivity index (χ1v) is 9.09. The average molecular weight is 319 g/mol. The Morgan fingerprint density at radius 3 is 2.91 bits per heavy atom. The highest BCUT2D eigenvalue weighted by Crippen LogP contribution is 2.52. The fourth-order valence-electron chi connectivity index (χ4n) is 3.80. The van der Waals surface area contributed by atoms with Crippen molar-refractivity contribution in [2.75, 3.05) is 37.3 Å². The lowest BCUT2D eigenvalue weighted by molar-refractivity contribution is 0.413. The van der Waals surface area contributed by atoms with Crippen LogP contribution < -0.4 is 4.90 Å². The van der Waals surface area contributed by atoms with Gasteiger partial charge in [-0.05, 0) is 30.7 Å². The zero-order chi connectivity index (χ0) is 15.3. The second-order valence-corrected chi connectivity index (χ2v) is 8.00. The smallest absolute Gasteiger partial charge is 0.142 e. The third-order valence-electron chi connectivity index (χ3n) is 5.05. The maximum Gasteiger partial charge on any atom is 0.142 e. The van der Waals surface area contributed by atoms with Gasteiger partial charge in [0.2, 0.25) is 0 Å². The van der Waals surface area contributed by atoms with Gasteiger partial charge in [-0.2, -0.15) is 0 Å². The highest BCUT2D eigenvalue weighted by Gasteiger charge is 2.58. The number of rotatable bonds is 5. The Morgan fingerprint density at radius 1 is 1.41 bits per heavy atom. The van der Waals surface area contributed by atoms with Crippen molar-refractivity contribution in [3.05, 3.63) is 18.6 Å². The Labute approximate surface area is 133 Å². The number of hydrogen-bond acceptors (Lipinski definition) is 5. The van der Waals surface area contributed by atoms with Gasteiger partial charge in [-0.1, -0.05) is 0 Å². The van der Waals surface area contributed by atoms with E-state index in [0.29, 0.717) is 17.8 Å². The molecule has 22 heavy (non-hydrogen) atoms. The van der Waals surface area contributed by atoms with Gasteiger partial charge in [-0.25, -0.2) is 9.97 Å². The largest absolute Gasteiger partial charge is 0.598 e. The molecule has 1 unspecified atom stereocenters. The SMILES string of the molecule is CC[S+]([O-])N1C[C@@H]2[C@@H](CN(C)c3ncnc4[nH]ccc34)[C@@H]2C1. The van der Waals surface area contributed by atoms with E-state index in [-0.39, 0.29) is 0 Å². The Kier molecular flexibility index (Phi) is 3.51. The summed E-state index contributed by atoms with van der Waals surface area (Å²) in [4.78, 5) is 14.1. The highest BCUT2D eigenvalue weighted by atomic mass is 32.2. The molecule has 3 heterocycles. The Hall–Kier alpha value is -1.31. The van der Waals surface area contributed by atoms with Crippen LogP contribution in [0.25, 0.3) is 11.0 Å². The Bertz CT molecular complexity index is 665. The number of H-pyrrole nitrogens is 1. The fourth-order valence-corrected chi connectivity index (χ4v) is 4.84. The van der Waals surface area contributed by atoms with Crippen LogP contribution in [0.2, 0.25) is 0 Å². The van der Waals surface area contributed by atoms with E-state index in [1.807, 2.05) is 19.2 Å². The minimum absolute atomic E-state index is 0.707. The van der Waals surface area contributed by atoms with Crippen molar-refractivity contribution in [3.8, 4) is 0 Å². The van der Waals surface area contributed by atoms with Crippen molar-refractivity contribution in [1.29, 1.82) is 0 Å². The molecule has 1 saturated heterocycles. The van der Waals surface area contributed by atoms with Gasteiger partial charge in [0.05, 0.1) is 5.39 Å². The van der Waals surface area contributed by atoms with Gasteiger partial charge in [0.1, 0.15) is 23.5 Å². The molecule has 2 fully saturated rings. The summed E-state index contributed by atoms with van der Waals surface area (Å²) in [5.74, 6) is 3.85. The first-order chi connectivity index (χ1) is 10.7. The van der Waals surface area contributed by atoms with Gasteiger partial charge in [-0.3, -0.25) is 0 Å². The quantitative estimate of drug-likeness (QED) is 0.840. The summed E-state index contributed by atoms with van der Waals surface area (Å²) in [7, 11) is 2.10. The van der Waals surface area contributed by atoms with Crippen LogP contribution in [0.1, 0.15) is 6.92 Å². The predicted molar refractivity (Wildman–Crippen MR) is 87.9 cm³/mol. The van der Waals surface area contributed by atoms with Crippen LogP contribution in [0.15, 0.2) is 18.6 Å². The molecular weight excluding hydrogens is 298 g/mol. The van der Waals surface area contributed by atoms with Crippen LogP contribution >= 0.6 is 0 Å². The zero-order valence-corrected chi connectivity index (χ0v) is 13.7. The van der Waals surface area contributed by atoms with Crippen LogP contribution in [0.5, 0.6) is 0 Å². The molecule has 1 aliphatic carbocycles. The predicted octanol–water partition coefficient (Wildman–Crippen LogP) is 1.26. The average Bonchev–Trinajstić information content (AvgIpc) is 2.94. The van der Waals surface area contributed by atoms with E-state index in [1.165, 1.54) is 0 Å². The van der Waals surface area contributed by atoms with E-state index in [0.717, 1.165) is 42.2 Å². The van der Waals surface area contributed by atoms with E-state index in [2.05, 4.69) is 31.2 Å². The molecule has 0 spiro atoms. The molecule has 2 aromatic heterocycles. The lowest BCUT2D eigenvalue weighted by Crippen LogP contribution is -2.34. The molecule has 0 aromatic carbocycles. The number of nitrogens with zero attached hydrogens (tertiary/aromatic N) is 4. The van der Waals surface area contributed by atoms with Gasteiger partial charge >= 0.3 is 0 Å². The molecule has 6 nitrogen and oxygen atoms in total. The zero-order valence-electron chi connectivity index (χ0n) is 12.9. The summed E-state index contributed by atoms with van der Waals surface area (Å²) in [6, 6.07) is 2.03. The third-order valence-corrected chi connectivity index (χ3v) is 6.42. The number of aromatic amines is 1. The number of hydrogen-bond donors (Lipinski definition) is 1. The molecule has 1 aliphatic heterocycles. The minimum Gasteiger partial charge on any atom is -0.598 e. The van der Waals surface area contributed by atoms with Gasteiger partial charge in [0.15, 0.2) is 0 Å². The van der Waals surface area contributed by atoms with E-state index in [1.54, 1.807) is 6.33 Å². The monoisotopic (exact) mass is 319 g/mol. The summed E-state index contributed by atoms with van der Waals surface area (Å²) in [6.45, 7) is 4.99. The van der Waals surface area contributed by atoms with Crippen LogP contribution in [0.3, 0.4) is 0 Å². The summed E-state index contributed by atoms with van der Waals surface area (Å²) in [6.07, 6.45) is 3.52. The minimum atomic E-state index is -0.774. The molecule has 4 rings (SSSR count). The number of fused-ring (bicyclic) bond motifs is 2. The molecular formula is C15H21N5OS. The Balaban J connectivity index is 1.41. The number of aromatic nitrogens is 3. The van der Waals surface area contributed by atoms with E-state index < -0.39 is 11.4 Å². The maximum atomic E-state index is 11.9. The molecule has 1 N–H and O–H groups in total. The van der Waals surface area contributed by atoms with Crippen molar-refractivity contribution in [2.45, 2.75) is 6.92 Å². The summed E-state index contributed by atoms with van der Waals surface area (Å²) >= 11 is -0.774. The second kappa shape index (κ2) is 5.40. The maximum absolute atomic E-state index is 11.9. The molecule has 7 heteroatoms. The highest BCUT2D eigenvalue weighted by molar-refractivity contribution is 7.89. The van der Waals surface area contributed by atoms with Crippen molar-refractivity contribution in [2.24, 2.45) is 17.8 Å². The van der Waals surface area contributed by atoms with Crippen molar-refractivity contribution in [3.63, 3.8) is 0 Å². The molecule has 4 atom stereocenters. The van der Waals surface area contributed by atoms with Gasteiger partial charge in [-0.15, -0.1) is 4.31 Å². The molecule has 1 saturated carbocycles. The lowest BCUT2D eigenvalue weighted by Gasteiger charge is -2.23. The van der Waals surface area contributed by atoms with Crippen LogP contribution in [-0.4, -0.2) is 56.2 Å². The van der Waals surface area contributed by atoms with E-state index in [4.69, 9.17) is 0 Å². The number of nitrogens with one attached hydrogen (secondary N) is 1. The second-order valence-electron chi connectivity index (χ2n) is 6.27. The van der Waals surface area contributed by atoms with Gasteiger partial charge in [0.25, 0.3) is 0 Å². The fraction of sp³-hybridized carbons (Fsp3) is 0.600. The lowest BCUT2D eigenvalue weighted by atomic mass is 10.2. The Morgan fingerprint density at radius 2 is 2.18 bits per heavy atom. The van der Waals surface area contributed by atoms with Crippen molar-refractivity contribution >= 4 is 28.2 Å². The first kappa shape index (κ1) is 14.3. The topological polar surface area (TPSA) is 71.1 Å². The van der Waals surface area contributed by atoms with Crippen LogP contribution in [0, 0.1) is 17.8 Å². The third kappa shape index (κ3) is 2.28. The van der Waals surface area contributed by atoms with Crippen molar-refractivity contribution < 1.29 is 4.55 Å². The van der Waals surface area contributed by atoms with E-state index >= 15 is 0 Å². The number of anilines is 1. The molecule has 2 aromatic rings. The summed E-state index contributed by atoms with van der Waals surface area (Å²) in [5.41, 5.74) is 0.886. The van der Waals surface area contributed by atoms with E-state index in [9.17, 15) is 4.55 Å². The molecule has 0 bridgehead atoms. The normalized spacial score (nSPS) is 28.8.